The molecule has 148 valence electrons. The molecular formula is C27H22OSe2. The zero-order valence-electron chi connectivity index (χ0n) is 17.0. The number of rotatable bonds is 6. The summed E-state index contributed by atoms with van der Waals surface area (Å²) in [7, 11) is 0. The first-order valence-electron chi connectivity index (χ1n) is 9.83. The molecule has 0 aromatic heterocycles. The minimum atomic E-state index is 0.126. The van der Waals surface area contributed by atoms with Gasteiger partial charge in [0.05, 0.1) is 0 Å². The van der Waals surface area contributed by atoms with E-state index in [0.29, 0.717) is 0 Å². The average molecular weight is 520 g/mol. The van der Waals surface area contributed by atoms with Gasteiger partial charge >= 0.3 is 192 Å². The SMILES string of the molecule is Cc1c([Se]c2ccccc2)cccc1C(=O)c1cccc([Se]c2ccccc2)c1C. The molecule has 4 aromatic rings. The molecule has 0 bridgehead atoms. The molecule has 0 amide bonds. The molecule has 0 fully saturated rings. The van der Waals surface area contributed by atoms with Crippen LogP contribution in [-0.2, 0) is 0 Å². The van der Waals surface area contributed by atoms with Gasteiger partial charge in [0.1, 0.15) is 0 Å². The molecule has 0 saturated heterocycles. The summed E-state index contributed by atoms with van der Waals surface area (Å²) in [6.07, 6.45) is 0. The topological polar surface area (TPSA) is 17.1 Å². The molecule has 3 heteroatoms. The van der Waals surface area contributed by atoms with Crippen molar-refractivity contribution in [3.63, 3.8) is 0 Å². The van der Waals surface area contributed by atoms with Crippen molar-refractivity contribution in [3.05, 3.63) is 119 Å². The summed E-state index contributed by atoms with van der Waals surface area (Å²) in [6.45, 7) is 4.17. The van der Waals surface area contributed by atoms with Gasteiger partial charge in [0.15, 0.2) is 0 Å². The number of carbonyl (C=O) groups excluding carboxylic acids is 1. The van der Waals surface area contributed by atoms with Gasteiger partial charge in [-0.1, -0.05) is 0 Å². The van der Waals surface area contributed by atoms with Crippen LogP contribution in [0.15, 0.2) is 97.1 Å². The van der Waals surface area contributed by atoms with Crippen molar-refractivity contribution in [2.24, 2.45) is 0 Å². The van der Waals surface area contributed by atoms with Crippen LogP contribution >= 0.6 is 0 Å². The minimum absolute atomic E-state index is 0.126. The van der Waals surface area contributed by atoms with Crippen LogP contribution in [0.2, 0.25) is 0 Å². The number of hydrogen-bond donors (Lipinski definition) is 0. The van der Waals surface area contributed by atoms with E-state index in [4.69, 9.17) is 0 Å². The van der Waals surface area contributed by atoms with Crippen LogP contribution in [-0.4, -0.2) is 35.7 Å². The molecule has 0 heterocycles. The second kappa shape index (κ2) is 9.60. The molecule has 0 spiro atoms. The molecule has 30 heavy (non-hydrogen) atoms. The van der Waals surface area contributed by atoms with Crippen LogP contribution in [0, 0.1) is 13.8 Å². The van der Waals surface area contributed by atoms with E-state index in [1.54, 1.807) is 0 Å². The Morgan fingerprint density at radius 3 is 1.33 bits per heavy atom. The molecule has 0 aliphatic heterocycles. The van der Waals surface area contributed by atoms with Gasteiger partial charge < -0.3 is 0 Å². The van der Waals surface area contributed by atoms with E-state index in [1.165, 1.54) is 17.8 Å². The summed E-state index contributed by atoms with van der Waals surface area (Å²) < 4.78 is 5.17. The van der Waals surface area contributed by atoms with E-state index in [0.717, 1.165) is 22.3 Å². The number of benzene rings is 4. The van der Waals surface area contributed by atoms with E-state index < -0.39 is 0 Å². The third-order valence-corrected chi connectivity index (χ3v) is 9.91. The molecule has 0 aliphatic carbocycles. The van der Waals surface area contributed by atoms with Gasteiger partial charge in [-0.15, -0.1) is 0 Å². The van der Waals surface area contributed by atoms with Crippen molar-refractivity contribution >= 4 is 53.5 Å². The standard InChI is InChI=1S/C27H22OSe2/c1-19-23(15-9-17-25(19)29-21-11-5-3-6-12-21)27(28)24-16-10-18-26(20(24)2)30-22-13-7-4-8-14-22/h3-18H,1-2H3. The van der Waals surface area contributed by atoms with Crippen molar-refractivity contribution < 1.29 is 4.79 Å². The Balaban J connectivity index is 1.65. The van der Waals surface area contributed by atoms with Gasteiger partial charge in [-0.05, 0) is 0 Å². The van der Waals surface area contributed by atoms with E-state index >= 15 is 0 Å². The van der Waals surface area contributed by atoms with Crippen LogP contribution in [0.5, 0.6) is 0 Å². The maximum atomic E-state index is 13.5. The molecule has 0 atom stereocenters. The quantitative estimate of drug-likeness (QED) is 0.283. The number of ketones is 1. The molecule has 0 saturated carbocycles. The third kappa shape index (κ3) is 4.67. The van der Waals surface area contributed by atoms with Crippen LogP contribution in [0.4, 0.5) is 0 Å². The normalized spacial score (nSPS) is 10.7. The Hall–Kier alpha value is -2.41. The van der Waals surface area contributed by atoms with Crippen molar-refractivity contribution in [1.82, 2.24) is 0 Å². The zero-order chi connectivity index (χ0) is 20.9. The Morgan fingerprint density at radius 1 is 0.533 bits per heavy atom. The number of carbonyl (C=O) groups is 1. The predicted octanol–water partition coefficient (Wildman–Crippen LogP) is 2.84. The molecule has 4 aromatic carbocycles. The van der Waals surface area contributed by atoms with Crippen molar-refractivity contribution in [2.75, 3.05) is 0 Å². The third-order valence-electron chi connectivity index (χ3n) is 5.00. The molecule has 4 rings (SSSR count). The summed E-state index contributed by atoms with van der Waals surface area (Å²) in [5, 5.41) is 0. The fourth-order valence-electron chi connectivity index (χ4n) is 3.32. The Morgan fingerprint density at radius 2 is 0.933 bits per heavy atom. The molecule has 0 radical (unpaired) electrons. The predicted molar refractivity (Wildman–Crippen MR) is 129 cm³/mol. The molecule has 0 unspecified atom stereocenters. The van der Waals surface area contributed by atoms with Crippen molar-refractivity contribution in [3.8, 4) is 0 Å². The summed E-state index contributed by atoms with van der Waals surface area (Å²) in [5.74, 6) is 0.126. The summed E-state index contributed by atoms with van der Waals surface area (Å²) >= 11 is 0.379. The fourth-order valence-corrected chi connectivity index (χ4v) is 7.33. The van der Waals surface area contributed by atoms with Crippen LogP contribution in [0.1, 0.15) is 27.0 Å². The van der Waals surface area contributed by atoms with E-state index in [-0.39, 0.29) is 35.7 Å². The van der Waals surface area contributed by atoms with Crippen LogP contribution in [0.3, 0.4) is 0 Å². The van der Waals surface area contributed by atoms with Gasteiger partial charge in [-0.2, -0.15) is 0 Å². The zero-order valence-corrected chi connectivity index (χ0v) is 20.4. The summed E-state index contributed by atoms with van der Waals surface area (Å²) in [6, 6.07) is 33.3. The van der Waals surface area contributed by atoms with Crippen LogP contribution in [0.25, 0.3) is 0 Å². The second-order valence-corrected chi connectivity index (χ2v) is 11.7. The second-order valence-electron chi connectivity index (χ2n) is 7.02. The van der Waals surface area contributed by atoms with Crippen molar-refractivity contribution in [1.29, 1.82) is 0 Å². The van der Waals surface area contributed by atoms with Gasteiger partial charge in [0, 0.05) is 0 Å². The van der Waals surface area contributed by atoms with Gasteiger partial charge in [0.2, 0.25) is 0 Å². The molecule has 1 nitrogen and oxygen atoms in total. The first-order chi connectivity index (χ1) is 14.6. The van der Waals surface area contributed by atoms with E-state index in [9.17, 15) is 4.79 Å². The van der Waals surface area contributed by atoms with Crippen LogP contribution < -0.4 is 17.8 Å². The van der Waals surface area contributed by atoms with E-state index in [2.05, 4.69) is 74.5 Å². The van der Waals surface area contributed by atoms with Gasteiger partial charge in [-0.25, -0.2) is 0 Å². The molecule has 0 N–H and O–H groups in total. The van der Waals surface area contributed by atoms with Gasteiger partial charge in [-0.3, -0.25) is 0 Å². The first kappa shape index (κ1) is 20.8. The summed E-state index contributed by atoms with van der Waals surface area (Å²) in [4.78, 5) is 13.5. The Kier molecular flexibility index (Phi) is 6.67. The summed E-state index contributed by atoms with van der Waals surface area (Å²) in [5.41, 5.74) is 3.84. The maximum absolute atomic E-state index is 13.5. The van der Waals surface area contributed by atoms with Crippen molar-refractivity contribution in [2.45, 2.75) is 13.8 Å². The first-order valence-corrected chi connectivity index (χ1v) is 13.3. The van der Waals surface area contributed by atoms with Gasteiger partial charge in [0.25, 0.3) is 0 Å². The van der Waals surface area contributed by atoms with E-state index in [1.807, 2.05) is 36.4 Å². The fraction of sp³-hybridized carbons (Fsp3) is 0.0741. The molecule has 0 aliphatic rings. The Bertz CT molecular complexity index is 1080. The number of hydrogen-bond acceptors (Lipinski definition) is 1. The Labute approximate surface area is 190 Å². The monoisotopic (exact) mass is 522 g/mol. The average Bonchev–Trinajstić information content (AvgIpc) is 2.78. The molecular weight excluding hydrogens is 498 g/mol.